The quantitative estimate of drug-likeness (QED) is 0.593. The summed E-state index contributed by atoms with van der Waals surface area (Å²) in [6.07, 6.45) is -1.35. The topological polar surface area (TPSA) is 115 Å². The van der Waals surface area contributed by atoms with Crippen molar-refractivity contribution in [2.75, 3.05) is 24.8 Å². The van der Waals surface area contributed by atoms with Crippen LogP contribution in [0.4, 0.5) is 13.2 Å². The maximum absolute atomic E-state index is 13.9. The molecule has 0 radical (unpaired) electrons. The summed E-state index contributed by atoms with van der Waals surface area (Å²) in [5, 5.41) is 24.4. The van der Waals surface area contributed by atoms with Gasteiger partial charge in [0.1, 0.15) is 24.2 Å². The van der Waals surface area contributed by atoms with Gasteiger partial charge in [0, 0.05) is 18.7 Å². The summed E-state index contributed by atoms with van der Waals surface area (Å²) in [4.78, 5) is 39.4. The molecule has 0 aliphatic carbocycles. The van der Waals surface area contributed by atoms with E-state index >= 15 is 0 Å². The number of hydrogen-bond acceptors (Lipinski definition) is 6. The van der Waals surface area contributed by atoms with Gasteiger partial charge in [-0.05, 0) is 19.1 Å². The van der Waals surface area contributed by atoms with Crippen LogP contribution in [0, 0.1) is 17.5 Å². The largest absolute Gasteiger partial charge is 0.502 e. The van der Waals surface area contributed by atoms with Gasteiger partial charge < -0.3 is 20.4 Å². The van der Waals surface area contributed by atoms with E-state index in [-0.39, 0.29) is 31.1 Å². The fourth-order valence-corrected chi connectivity index (χ4v) is 3.81. The van der Waals surface area contributed by atoms with Gasteiger partial charge in [-0.3, -0.25) is 19.4 Å². The molecule has 2 aromatic rings. The summed E-state index contributed by atoms with van der Waals surface area (Å²) in [6, 6.07) is 1.28. The Morgan fingerprint density at radius 3 is 2.58 bits per heavy atom. The molecule has 1 atom stereocenters. The molecular weight excluding hydrogens is 421 g/mol. The van der Waals surface area contributed by atoms with Crippen LogP contribution in [0.2, 0.25) is 0 Å². The smallest absolute Gasteiger partial charge is 0.277 e. The molecule has 0 saturated carbocycles. The third-order valence-corrected chi connectivity index (χ3v) is 5.34. The number of halogens is 3. The zero-order chi connectivity index (χ0) is 22.6. The second kappa shape index (κ2) is 7.30. The van der Waals surface area contributed by atoms with Gasteiger partial charge in [0.25, 0.3) is 11.8 Å². The summed E-state index contributed by atoms with van der Waals surface area (Å²) in [7, 11) is 0. The van der Waals surface area contributed by atoms with Crippen LogP contribution in [0.15, 0.2) is 16.9 Å². The third kappa shape index (κ3) is 3.02. The molecule has 2 aliphatic heterocycles. The Bertz CT molecular complexity index is 1180. The normalized spacial score (nSPS) is 17.2. The number of carbonyl (C=O) groups excluding carboxylic acids is 2. The number of hydrogen-bond donors (Lipinski definition) is 3. The lowest BCUT2D eigenvalue weighted by Gasteiger charge is -2.36. The summed E-state index contributed by atoms with van der Waals surface area (Å²) < 4.78 is 42.2. The van der Waals surface area contributed by atoms with E-state index in [2.05, 4.69) is 5.32 Å². The highest BCUT2D eigenvalue weighted by molar-refractivity contribution is 6.00. The highest BCUT2D eigenvalue weighted by Gasteiger charge is 2.43. The molecule has 4 rings (SSSR count). The predicted molar refractivity (Wildman–Crippen MR) is 99.5 cm³/mol. The minimum Gasteiger partial charge on any atom is -0.502 e. The lowest BCUT2D eigenvalue weighted by atomic mass is 10.1. The molecule has 2 aliphatic rings. The van der Waals surface area contributed by atoms with Gasteiger partial charge in [0.2, 0.25) is 5.43 Å². The van der Waals surface area contributed by atoms with Crippen LogP contribution in [0.3, 0.4) is 0 Å². The van der Waals surface area contributed by atoms with Gasteiger partial charge in [0.15, 0.2) is 23.1 Å². The fourth-order valence-electron chi connectivity index (χ4n) is 3.81. The number of nitrogens with zero attached hydrogens (tertiary/aromatic N) is 3. The van der Waals surface area contributed by atoms with E-state index in [0.29, 0.717) is 12.1 Å². The van der Waals surface area contributed by atoms with E-state index in [0.717, 1.165) is 4.68 Å². The van der Waals surface area contributed by atoms with Gasteiger partial charge in [-0.1, -0.05) is 0 Å². The first-order valence-electron chi connectivity index (χ1n) is 9.32. The predicted octanol–water partition coefficient (Wildman–Crippen LogP) is 0.319. The highest BCUT2D eigenvalue weighted by Crippen LogP contribution is 2.33. The van der Waals surface area contributed by atoms with Crippen LogP contribution in [0.5, 0.6) is 5.75 Å². The molecule has 3 heterocycles. The van der Waals surface area contributed by atoms with Crippen molar-refractivity contribution in [1.29, 1.82) is 0 Å². The van der Waals surface area contributed by atoms with Crippen molar-refractivity contribution in [3.63, 3.8) is 0 Å². The monoisotopic (exact) mass is 438 g/mol. The lowest BCUT2D eigenvalue weighted by molar-refractivity contribution is 0.0700. The number of amides is 2. The molecule has 164 valence electrons. The number of pyridine rings is 1. The van der Waals surface area contributed by atoms with Gasteiger partial charge >= 0.3 is 0 Å². The van der Waals surface area contributed by atoms with E-state index in [9.17, 15) is 37.8 Å². The van der Waals surface area contributed by atoms with Crippen molar-refractivity contribution in [3.05, 3.63) is 62.3 Å². The molecule has 0 bridgehead atoms. The van der Waals surface area contributed by atoms with Crippen LogP contribution in [0.25, 0.3) is 0 Å². The standard InChI is InChI=1S/C19H17F3N4O5/c1-2-24-7-25-6-11(27)14-12(16(28)17(29)15(19(24)31)26(14)25)18(30)23-5-8-9(20)3-4-10(21)13(8)22/h3-4,11,27,29H,2,5-7H2,1H3,(H,23,30). The van der Waals surface area contributed by atoms with Gasteiger partial charge in [-0.2, -0.15) is 0 Å². The van der Waals surface area contributed by atoms with Crippen molar-refractivity contribution in [2.24, 2.45) is 0 Å². The molecular formula is C19H17F3N4O5. The molecule has 9 nitrogen and oxygen atoms in total. The first-order valence-corrected chi connectivity index (χ1v) is 9.32. The number of aromatic nitrogens is 1. The summed E-state index contributed by atoms with van der Waals surface area (Å²) in [6.45, 7) is 1.17. The molecule has 0 spiro atoms. The maximum atomic E-state index is 13.9. The van der Waals surface area contributed by atoms with E-state index in [1.165, 1.54) is 9.91 Å². The maximum Gasteiger partial charge on any atom is 0.277 e. The van der Waals surface area contributed by atoms with Crippen LogP contribution < -0.4 is 15.8 Å². The van der Waals surface area contributed by atoms with Gasteiger partial charge in [-0.25, -0.2) is 17.8 Å². The number of rotatable bonds is 4. The molecule has 0 fully saturated rings. The Balaban J connectivity index is 1.77. The Morgan fingerprint density at radius 2 is 1.90 bits per heavy atom. The molecule has 2 amide bonds. The third-order valence-electron chi connectivity index (χ3n) is 5.34. The van der Waals surface area contributed by atoms with Gasteiger partial charge in [-0.15, -0.1) is 0 Å². The molecule has 0 saturated heterocycles. The number of benzene rings is 1. The fraction of sp³-hybridized carbons (Fsp3) is 0.316. The van der Waals surface area contributed by atoms with Crippen LogP contribution >= 0.6 is 0 Å². The zero-order valence-corrected chi connectivity index (χ0v) is 16.2. The molecule has 1 unspecified atom stereocenters. The highest BCUT2D eigenvalue weighted by atomic mass is 19.2. The Hall–Kier alpha value is -3.54. The Kier molecular flexibility index (Phi) is 4.88. The summed E-state index contributed by atoms with van der Waals surface area (Å²) in [5.74, 6) is -6.71. The summed E-state index contributed by atoms with van der Waals surface area (Å²) in [5.41, 5.74) is -3.26. The zero-order valence-electron chi connectivity index (χ0n) is 16.2. The number of aliphatic hydroxyl groups is 1. The first kappa shape index (κ1) is 20.7. The first-order chi connectivity index (χ1) is 14.7. The molecule has 3 N–H and O–H groups in total. The van der Waals surface area contributed by atoms with E-state index in [4.69, 9.17) is 0 Å². The lowest BCUT2D eigenvalue weighted by Crippen LogP contribution is -2.52. The van der Waals surface area contributed by atoms with Crippen molar-refractivity contribution in [2.45, 2.75) is 19.6 Å². The van der Waals surface area contributed by atoms with E-state index in [1.54, 1.807) is 6.92 Å². The van der Waals surface area contributed by atoms with Crippen molar-refractivity contribution >= 4 is 11.8 Å². The molecule has 1 aromatic heterocycles. The van der Waals surface area contributed by atoms with Gasteiger partial charge in [0.05, 0.1) is 12.2 Å². The number of carbonyl (C=O) groups is 2. The van der Waals surface area contributed by atoms with Crippen molar-refractivity contribution in [3.8, 4) is 5.75 Å². The second-order valence-corrected chi connectivity index (χ2v) is 7.11. The number of nitrogens with one attached hydrogen (secondary N) is 1. The minimum atomic E-state index is -1.49. The van der Waals surface area contributed by atoms with Crippen LogP contribution in [-0.4, -0.2) is 51.4 Å². The molecule has 31 heavy (non-hydrogen) atoms. The molecule has 12 heteroatoms. The average molecular weight is 438 g/mol. The van der Waals surface area contributed by atoms with E-state index in [1.807, 2.05) is 0 Å². The number of aliphatic hydroxyl groups excluding tert-OH is 1. The number of aromatic hydroxyl groups is 1. The second-order valence-electron chi connectivity index (χ2n) is 7.11. The van der Waals surface area contributed by atoms with Crippen LogP contribution in [0.1, 0.15) is 45.1 Å². The van der Waals surface area contributed by atoms with E-state index < -0.39 is 64.2 Å². The minimum absolute atomic E-state index is 0.0511. The van der Waals surface area contributed by atoms with Crippen molar-refractivity contribution < 1.29 is 33.0 Å². The Labute approximate surface area is 172 Å². The van der Waals surface area contributed by atoms with Crippen molar-refractivity contribution in [1.82, 2.24) is 14.9 Å². The SMILES string of the molecule is CCN1CN2CC(O)c3c(C(=O)NCc4c(F)ccc(F)c4F)c(=O)c(O)c(n32)C1=O. The average Bonchev–Trinajstić information content (AvgIpc) is 3.05. The molecule has 1 aromatic carbocycles. The Morgan fingerprint density at radius 1 is 1.23 bits per heavy atom. The van der Waals surface area contributed by atoms with Crippen LogP contribution in [-0.2, 0) is 6.54 Å². The summed E-state index contributed by atoms with van der Waals surface area (Å²) >= 11 is 0.